The summed E-state index contributed by atoms with van der Waals surface area (Å²) in [5.41, 5.74) is 3.27. The van der Waals surface area contributed by atoms with Crippen molar-refractivity contribution in [1.82, 2.24) is 20.0 Å². The first-order valence-electron chi connectivity index (χ1n) is 12.4. The lowest BCUT2D eigenvalue weighted by Gasteiger charge is -2.33. The summed E-state index contributed by atoms with van der Waals surface area (Å²) in [6.45, 7) is 9.58. The van der Waals surface area contributed by atoms with Crippen molar-refractivity contribution in [1.29, 1.82) is 0 Å². The number of hydrogen-bond donors (Lipinski definition) is 1. The van der Waals surface area contributed by atoms with Crippen molar-refractivity contribution in [2.75, 3.05) is 52.5 Å². The van der Waals surface area contributed by atoms with Crippen LogP contribution >= 0.6 is 0 Å². The van der Waals surface area contributed by atoms with Gasteiger partial charge < -0.3 is 19.7 Å². The van der Waals surface area contributed by atoms with Crippen molar-refractivity contribution in [2.45, 2.75) is 12.6 Å². The largest absolute Gasteiger partial charge is 0.489 e. The van der Waals surface area contributed by atoms with E-state index in [-0.39, 0.29) is 11.9 Å². The first kappa shape index (κ1) is 24.1. The molecule has 36 heavy (non-hydrogen) atoms. The standard InChI is InChI=1S/C28H32N4O4/c1-2-11-32-24-19-31(13-12-30-14-16-35-17-15-30)27(33)25(24)26(29-28(32)34)22-9-6-10-23(18-22)36-20-21-7-4-3-5-8-21/h2-10,18,26H,1,11-17,19-20H2,(H,29,34)/t26-/m1/s1. The van der Waals surface area contributed by atoms with Gasteiger partial charge in [0.05, 0.1) is 37.1 Å². The molecule has 0 aromatic heterocycles. The predicted octanol–water partition coefficient (Wildman–Crippen LogP) is 2.95. The Kier molecular flexibility index (Phi) is 7.34. The average Bonchev–Trinajstić information content (AvgIpc) is 3.25. The Labute approximate surface area is 211 Å². The highest BCUT2D eigenvalue weighted by Crippen LogP contribution is 2.37. The molecule has 188 valence electrons. The van der Waals surface area contributed by atoms with Gasteiger partial charge in [-0.2, -0.15) is 0 Å². The molecule has 3 aliphatic heterocycles. The maximum absolute atomic E-state index is 13.6. The van der Waals surface area contributed by atoms with Crippen molar-refractivity contribution in [3.8, 4) is 5.75 Å². The first-order chi connectivity index (χ1) is 17.6. The Balaban J connectivity index is 1.36. The van der Waals surface area contributed by atoms with Gasteiger partial charge in [0.25, 0.3) is 5.91 Å². The molecule has 3 amide bonds. The van der Waals surface area contributed by atoms with E-state index in [1.807, 2.05) is 59.5 Å². The molecule has 2 aromatic rings. The fraction of sp³-hybridized carbons (Fsp3) is 0.357. The number of carbonyl (C=O) groups excluding carboxylic acids is 2. The van der Waals surface area contributed by atoms with Crippen molar-refractivity contribution < 1.29 is 19.1 Å². The molecule has 1 saturated heterocycles. The quantitative estimate of drug-likeness (QED) is 0.550. The van der Waals surface area contributed by atoms with E-state index < -0.39 is 6.04 Å². The van der Waals surface area contributed by atoms with Crippen LogP contribution in [0.5, 0.6) is 5.75 Å². The van der Waals surface area contributed by atoms with Gasteiger partial charge in [-0.3, -0.25) is 14.6 Å². The van der Waals surface area contributed by atoms with Gasteiger partial charge in [-0.25, -0.2) is 4.79 Å². The molecule has 1 fully saturated rings. The molecule has 3 aliphatic rings. The van der Waals surface area contributed by atoms with E-state index >= 15 is 0 Å². The molecule has 8 heteroatoms. The fourth-order valence-corrected chi connectivity index (χ4v) is 4.91. The van der Waals surface area contributed by atoms with Crippen LogP contribution in [0.15, 0.2) is 78.5 Å². The van der Waals surface area contributed by atoms with Gasteiger partial charge in [-0.15, -0.1) is 6.58 Å². The molecule has 0 unspecified atom stereocenters. The summed E-state index contributed by atoms with van der Waals surface area (Å²) in [4.78, 5) is 32.5. The third-order valence-corrected chi connectivity index (χ3v) is 6.84. The summed E-state index contributed by atoms with van der Waals surface area (Å²) >= 11 is 0. The number of nitrogens with one attached hydrogen (secondary N) is 1. The van der Waals surface area contributed by atoms with E-state index in [1.165, 1.54) is 0 Å². The van der Waals surface area contributed by atoms with Crippen LogP contribution in [0.3, 0.4) is 0 Å². The summed E-state index contributed by atoms with van der Waals surface area (Å²) in [5, 5.41) is 3.05. The zero-order chi connectivity index (χ0) is 24.9. The smallest absolute Gasteiger partial charge is 0.322 e. The zero-order valence-electron chi connectivity index (χ0n) is 20.4. The SMILES string of the molecule is C=CCN1C(=O)N[C@H](c2cccc(OCc3ccccc3)c2)C2=C1CN(CCN1CCOCC1)C2=O. The lowest BCUT2D eigenvalue weighted by atomic mass is 9.95. The van der Waals surface area contributed by atoms with E-state index in [9.17, 15) is 9.59 Å². The van der Waals surface area contributed by atoms with Gasteiger partial charge in [0, 0.05) is 32.7 Å². The highest BCUT2D eigenvalue weighted by Gasteiger charge is 2.43. The minimum atomic E-state index is -0.533. The second-order valence-corrected chi connectivity index (χ2v) is 9.17. The van der Waals surface area contributed by atoms with Gasteiger partial charge in [0.15, 0.2) is 0 Å². The Morgan fingerprint density at radius 1 is 1.06 bits per heavy atom. The van der Waals surface area contributed by atoms with Gasteiger partial charge in [-0.1, -0.05) is 48.5 Å². The molecular formula is C28H32N4O4. The van der Waals surface area contributed by atoms with E-state index in [2.05, 4.69) is 16.8 Å². The Morgan fingerprint density at radius 3 is 2.64 bits per heavy atom. The van der Waals surface area contributed by atoms with Crippen molar-refractivity contribution in [2.24, 2.45) is 0 Å². The maximum atomic E-state index is 13.6. The summed E-state index contributed by atoms with van der Waals surface area (Å²) in [7, 11) is 0. The molecule has 2 aromatic carbocycles. The number of benzene rings is 2. The number of carbonyl (C=O) groups is 2. The van der Waals surface area contributed by atoms with E-state index in [4.69, 9.17) is 9.47 Å². The van der Waals surface area contributed by atoms with E-state index in [1.54, 1.807) is 11.0 Å². The van der Waals surface area contributed by atoms with E-state index in [0.717, 1.165) is 49.7 Å². The zero-order valence-corrected chi connectivity index (χ0v) is 20.4. The number of urea groups is 1. The third kappa shape index (κ3) is 5.15. The molecule has 1 N–H and O–H groups in total. The molecule has 3 heterocycles. The topological polar surface area (TPSA) is 74.4 Å². The number of hydrogen-bond acceptors (Lipinski definition) is 5. The lowest BCUT2D eigenvalue weighted by Crippen LogP contribution is -2.47. The lowest BCUT2D eigenvalue weighted by molar-refractivity contribution is -0.126. The molecule has 0 saturated carbocycles. The second kappa shape index (κ2) is 11.0. The molecule has 0 bridgehead atoms. The van der Waals surface area contributed by atoms with Gasteiger partial charge in [0.2, 0.25) is 0 Å². The van der Waals surface area contributed by atoms with Crippen LogP contribution in [-0.2, 0) is 16.1 Å². The molecule has 5 rings (SSSR count). The number of ether oxygens (including phenoxy) is 2. The normalized spacial score (nSPS) is 20.4. The van der Waals surface area contributed by atoms with Crippen LogP contribution in [-0.4, -0.2) is 79.1 Å². The highest BCUT2D eigenvalue weighted by molar-refractivity contribution is 6.01. The second-order valence-electron chi connectivity index (χ2n) is 9.17. The van der Waals surface area contributed by atoms with Crippen molar-refractivity contribution >= 4 is 11.9 Å². The third-order valence-electron chi connectivity index (χ3n) is 6.84. The Morgan fingerprint density at radius 2 is 1.86 bits per heavy atom. The highest BCUT2D eigenvalue weighted by atomic mass is 16.5. The van der Waals surface area contributed by atoms with Crippen molar-refractivity contribution in [3.63, 3.8) is 0 Å². The van der Waals surface area contributed by atoms with Crippen LogP contribution < -0.4 is 10.1 Å². The van der Waals surface area contributed by atoms with Gasteiger partial charge in [-0.05, 0) is 23.3 Å². The minimum absolute atomic E-state index is 0.0343. The summed E-state index contributed by atoms with van der Waals surface area (Å²) in [6.07, 6.45) is 1.68. The molecule has 0 spiro atoms. The van der Waals surface area contributed by atoms with Crippen LogP contribution in [0.1, 0.15) is 17.2 Å². The molecule has 0 aliphatic carbocycles. The summed E-state index contributed by atoms with van der Waals surface area (Å²) in [5.74, 6) is 0.656. The van der Waals surface area contributed by atoms with Crippen molar-refractivity contribution in [3.05, 3.63) is 89.6 Å². The first-order valence-corrected chi connectivity index (χ1v) is 12.4. The molecule has 8 nitrogen and oxygen atoms in total. The monoisotopic (exact) mass is 488 g/mol. The van der Waals surface area contributed by atoms with Gasteiger partial charge in [0.1, 0.15) is 12.4 Å². The minimum Gasteiger partial charge on any atom is -0.489 e. The number of amides is 3. The van der Waals surface area contributed by atoms with Gasteiger partial charge >= 0.3 is 6.03 Å². The van der Waals surface area contributed by atoms with Crippen LogP contribution in [0.4, 0.5) is 4.79 Å². The van der Waals surface area contributed by atoms with Crippen LogP contribution in [0, 0.1) is 0 Å². The molecule has 1 atom stereocenters. The van der Waals surface area contributed by atoms with E-state index in [0.29, 0.717) is 37.6 Å². The predicted molar refractivity (Wildman–Crippen MR) is 136 cm³/mol. The molecule has 0 radical (unpaired) electrons. The number of rotatable bonds is 9. The molecular weight excluding hydrogens is 456 g/mol. The maximum Gasteiger partial charge on any atom is 0.322 e. The van der Waals surface area contributed by atoms with Crippen LogP contribution in [0.2, 0.25) is 0 Å². The van der Waals surface area contributed by atoms with Crippen LogP contribution in [0.25, 0.3) is 0 Å². The Hall–Kier alpha value is -3.62. The number of nitrogens with zero attached hydrogens (tertiary/aromatic N) is 3. The number of morpholine rings is 1. The summed E-state index contributed by atoms with van der Waals surface area (Å²) in [6, 6.07) is 16.8. The average molecular weight is 489 g/mol. The fourth-order valence-electron chi connectivity index (χ4n) is 4.91. The Bertz CT molecular complexity index is 1140. The summed E-state index contributed by atoms with van der Waals surface area (Å²) < 4.78 is 11.4.